The van der Waals surface area contributed by atoms with Gasteiger partial charge in [0.1, 0.15) is 17.3 Å². The molecule has 0 fully saturated rings. The molecule has 0 aliphatic rings. The molecular weight excluding hydrogens is 230 g/mol. The van der Waals surface area contributed by atoms with E-state index in [0.29, 0.717) is 17.3 Å². The summed E-state index contributed by atoms with van der Waals surface area (Å²) in [4.78, 5) is 23.1. The summed E-state index contributed by atoms with van der Waals surface area (Å²) < 4.78 is 0. The van der Waals surface area contributed by atoms with Crippen molar-refractivity contribution < 1.29 is 4.79 Å². The summed E-state index contributed by atoms with van der Waals surface area (Å²) in [6.45, 7) is 3.76. The largest absolute Gasteiger partial charge is 0.384 e. The Kier molecular flexibility index (Phi) is 3.27. The predicted octanol–water partition coefficient (Wildman–Crippen LogP) is 1.19. The number of hydrogen-bond donors (Lipinski definition) is 3. The third-order valence-electron chi connectivity index (χ3n) is 2.48. The Bertz CT molecular complexity index is 563. The van der Waals surface area contributed by atoms with Gasteiger partial charge in [0.25, 0.3) is 5.91 Å². The number of nitrogen functional groups attached to an aromatic ring is 1. The number of aromatic amines is 1. The summed E-state index contributed by atoms with van der Waals surface area (Å²) in [7, 11) is 0. The van der Waals surface area contributed by atoms with Crippen LogP contribution in [0.4, 0.5) is 5.82 Å². The minimum atomic E-state index is -0.274. The van der Waals surface area contributed by atoms with E-state index in [1.807, 2.05) is 13.8 Å². The number of aromatic nitrogens is 3. The Morgan fingerprint density at radius 2 is 2.28 bits per heavy atom. The van der Waals surface area contributed by atoms with Crippen molar-refractivity contribution in [2.45, 2.75) is 19.9 Å². The molecule has 2 heterocycles. The molecule has 18 heavy (non-hydrogen) atoms. The molecular formula is C12H15N5O. The summed E-state index contributed by atoms with van der Waals surface area (Å²) in [5.74, 6) is 0.762. The van der Waals surface area contributed by atoms with Gasteiger partial charge in [-0.1, -0.05) is 6.07 Å². The van der Waals surface area contributed by atoms with Gasteiger partial charge in [-0.05, 0) is 26.0 Å². The van der Waals surface area contributed by atoms with E-state index in [0.717, 1.165) is 5.69 Å². The van der Waals surface area contributed by atoms with Gasteiger partial charge in [-0.3, -0.25) is 4.79 Å². The first-order valence-corrected chi connectivity index (χ1v) is 5.61. The average Bonchev–Trinajstić information content (AvgIpc) is 2.76. The van der Waals surface area contributed by atoms with E-state index in [4.69, 9.17) is 5.73 Å². The van der Waals surface area contributed by atoms with Crippen LogP contribution in [0.1, 0.15) is 35.0 Å². The fraction of sp³-hybridized carbons (Fsp3) is 0.250. The van der Waals surface area contributed by atoms with Crippen LogP contribution < -0.4 is 11.1 Å². The van der Waals surface area contributed by atoms with Crippen LogP contribution in [0.25, 0.3) is 0 Å². The van der Waals surface area contributed by atoms with E-state index >= 15 is 0 Å². The minimum Gasteiger partial charge on any atom is -0.384 e. The number of carbonyl (C=O) groups excluding carboxylic acids is 1. The van der Waals surface area contributed by atoms with Crippen molar-refractivity contribution in [3.05, 3.63) is 41.6 Å². The molecule has 1 amide bonds. The molecule has 0 aromatic carbocycles. The molecule has 2 aromatic heterocycles. The van der Waals surface area contributed by atoms with Crippen molar-refractivity contribution in [2.24, 2.45) is 0 Å². The number of imidazole rings is 1. The number of pyridine rings is 1. The molecule has 0 unspecified atom stereocenters. The van der Waals surface area contributed by atoms with Crippen LogP contribution in [0.15, 0.2) is 24.4 Å². The molecule has 0 radical (unpaired) electrons. The lowest BCUT2D eigenvalue weighted by atomic mass is 10.2. The lowest BCUT2D eigenvalue weighted by Crippen LogP contribution is -2.28. The number of anilines is 1. The highest BCUT2D eigenvalue weighted by Gasteiger charge is 2.14. The zero-order valence-corrected chi connectivity index (χ0v) is 10.3. The summed E-state index contributed by atoms with van der Waals surface area (Å²) in [6, 6.07) is 4.73. The number of amides is 1. The fourth-order valence-corrected chi connectivity index (χ4v) is 1.57. The molecule has 6 nitrogen and oxygen atoms in total. The van der Waals surface area contributed by atoms with E-state index in [2.05, 4.69) is 20.3 Å². The molecule has 0 saturated carbocycles. The van der Waals surface area contributed by atoms with Crippen LogP contribution in [0.5, 0.6) is 0 Å². The quantitative estimate of drug-likeness (QED) is 0.756. The van der Waals surface area contributed by atoms with Gasteiger partial charge >= 0.3 is 0 Å². The Labute approximate surface area is 105 Å². The second-order valence-electron chi connectivity index (χ2n) is 4.09. The highest BCUT2D eigenvalue weighted by molar-refractivity contribution is 5.92. The minimum absolute atomic E-state index is 0.213. The molecule has 94 valence electrons. The number of aryl methyl sites for hydroxylation is 1. The fourth-order valence-electron chi connectivity index (χ4n) is 1.57. The number of carbonyl (C=O) groups is 1. The lowest BCUT2D eigenvalue weighted by Gasteiger charge is -2.11. The van der Waals surface area contributed by atoms with E-state index in [-0.39, 0.29) is 11.9 Å². The van der Waals surface area contributed by atoms with E-state index in [1.165, 1.54) is 0 Å². The van der Waals surface area contributed by atoms with Crippen molar-refractivity contribution in [1.29, 1.82) is 0 Å². The monoisotopic (exact) mass is 245 g/mol. The first-order valence-electron chi connectivity index (χ1n) is 5.61. The molecule has 0 aliphatic heterocycles. The summed E-state index contributed by atoms with van der Waals surface area (Å²) in [6.07, 6.45) is 1.72. The maximum atomic E-state index is 11.9. The molecule has 1 atom stereocenters. The van der Waals surface area contributed by atoms with Crippen LogP contribution in [0, 0.1) is 6.92 Å². The summed E-state index contributed by atoms with van der Waals surface area (Å²) in [5.41, 5.74) is 6.78. The van der Waals surface area contributed by atoms with Crippen LogP contribution in [-0.4, -0.2) is 20.9 Å². The van der Waals surface area contributed by atoms with Gasteiger partial charge in [0.2, 0.25) is 0 Å². The Morgan fingerprint density at radius 3 is 2.89 bits per heavy atom. The number of hydrogen-bond acceptors (Lipinski definition) is 4. The van der Waals surface area contributed by atoms with Crippen molar-refractivity contribution in [2.75, 3.05) is 5.73 Å². The van der Waals surface area contributed by atoms with Gasteiger partial charge in [0, 0.05) is 11.9 Å². The molecule has 0 saturated heterocycles. The predicted molar refractivity (Wildman–Crippen MR) is 67.9 cm³/mol. The third kappa shape index (κ3) is 2.65. The molecule has 0 aliphatic carbocycles. The molecule has 4 N–H and O–H groups in total. The first-order chi connectivity index (χ1) is 8.56. The molecule has 6 heteroatoms. The molecule has 2 rings (SSSR count). The summed E-state index contributed by atoms with van der Waals surface area (Å²) in [5, 5.41) is 2.80. The number of nitrogens with two attached hydrogens (primary N) is 1. The van der Waals surface area contributed by atoms with Gasteiger partial charge in [-0.15, -0.1) is 0 Å². The van der Waals surface area contributed by atoms with Gasteiger partial charge < -0.3 is 16.0 Å². The number of nitrogens with one attached hydrogen (secondary N) is 2. The highest BCUT2D eigenvalue weighted by Crippen LogP contribution is 2.09. The van der Waals surface area contributed by atoms with Crippen molar-refractivity contribution in [3.63, 3.8) is 0 Å². The number of rotatable bonds is 3. The molecule has 2 aromatic rings. The van der Waals surface area contributed by atoms with Gasteiger partial charge in [-0.2, -0.15) is 0 Å². The Balaban J connectivity index is 2.08. The van der Waals surface area contributed by atoms with Crippen LogP contribution in [0.3, 0.4) is 0 Å². The van der Waals surface area contributed by atoms with Crippen LogP contribution in [0.2, 0.25) is 0 Å². The standard InChI is InChI=1S/C12H15N5O/c1-7-6-14-11(15-7)8(2)16-12(18)9-4-3-5-10(13)17-9/h3-6,8H,1-2H3,(H2,13,17)(H,14,15)(H,16,18)/t8-/m0/s1. The SMILES string of the molecule is Cc1cnc([C@H](C)NC(=O)c2cccc(N)n2)[nH]1. The zero-order chi connectivity index (χ0) is 13.1. The van der Waals surface area contributed by atoms with Crippen LogP contribution >= 0.6 is 0 Å². The maximum Gasteiger partial charge on any atom is 0.270 e. The van der Waals surface area contributed by atoms with Crippen molar-refractivity contribution >= 4 is 11.7 Å². The van der Waals surface area contributed by atoms with Crippen molar-refractivity contribution in [3.8, 4) is 0 Å². The van der Waals surface area contributed by atoms with Gasteiger partial charge in [0.05, 0.1) is 6.04 Å². The van der Waals surface area contributed by atoms with Gasteiger partial charge in [0.15, 0.2) is 0 Å². The van der Waals surface area contributed by atoms with E-state index in [1.54, 1.807) is 24.4 Å². The second-order valence-corrected chi connectivity index (χ2v) is 4.09. The number of nitrogens with zero attached hydrogens (tertiary/aromatic N) is 2. The Hall–Kier alpha value is -2.37. The third-order valence-corrected chi connectivity index (χ3v) is 2.48. The maximum absolute atomic E-state index is 11.9. The molecule has 0 spiro atoms. The Morgan fingerprint density at radius 1 is 1.50 bits per heavy atom. The second kappa shape index (κ2) is 4.87. The van der Waals surface area contributed by atoms with E-state index < -0.39 is 0 Å². The summed E-state index contributed by atoms with van der Waals surface area (Å²) >= 11 is 0. The number of H-pyrrole nitrogens is 1. The van der Waals surface area contributed by atoms with E-state index in [9.17, 15) is 4.79 Å². The first kappa shape index (κ1) is 12.1. The highest BCUT2D eigenvalue weighted by atomic mass is 16.1. The topological polar surface area (TPSA) is 96.7 Å². The normalized spacial score (nSPS) is 12.1. The van der Waals surface area contributed by atoms with Crippen LogP contribution in [-0.2, 0) is 0 Å². The molecule has 0 bridgehead atoms. The van der Waals surface area contributed by atoms with Gasteiger partial charge in [-0.25, -0.2) is 9.97 Å². The average molecular weight is 245 g/mol. The van der Waals surface area contributed by atoms with Crippen molar-refractivity contribution in [1.82, 2.24) is 20.3 Å². The zero-order valence-electron chi connectivity index (χ0n) is 10.3. The lowest BCUT2D eigenvalue weighted by molar-refractivity contribution is 0.0933. The smallest absolute Gasteiger partial charge is 0.270 e.